The van der Waals surface area contributed by atoms with Gasteiger partial charge in [0.2, 0.25) is 5.91 Å². The molecular formula is C23H25N3O. The van der Waals surface area contributed by atoms with Crippen molar-refractivity contribution in [2.75, 3.05) is 31.9 Å². The molecule has 138 valence electrons. The summed E-state index contributed by atoms with van der Waals surface area (Å²) in [6.07, 6.45) is 0.448. The molecule has 1 fully saturated rings. The zero-order chi connectivity index (χ0) is 18.6. The fraction of sp³-hybridized carbons (Fsp3) is 0.261. The van der Waals surface area contributed by atoms with Gasteiger partial charge in [-0.1, -0.05) is 54.6 Å². The lowest BCUT2D eigenvalue weighted by Gasteiger charge is -2.35. The van der Waals surface area contributed by atoms with Gasteiger partial charge < -0.3 is 10.6 Å². The predicted octanol–water partition coefficient (Wildman–Crippen LogP) is 3.31. The number of piperazine rings is 1. The first-order chi connectivity index (χ1) is 13.2. The fourth-order valence-electron chi connectivity index (χ4n) is 3.75. The average Bonchev–Trinajstić information content (AvgIpc) is 2.70. The Labute approximate surface area is 160 Å². The van der Waals surface area contributed by atoms with Crippen LogP contribution in [0.3, 0.4) is 0 Å². The second-order valence-corrected chi connectivity index (χ2v) is 7.21. The molecular weight excluding hydrogens is 334 g/mol. The first-order valence-electron chi connectivity index (χ1n) is 9.50. The van der Waals surface area contributed by atoms with Crippen LogP contribution >= 0.6 is 0 Å². The monoisotopic (exact) mass is 359 g/mol. The molecule has 1 aliphatic rings. The third-order valence-corrected chi connectivity index (χ3v) is 5.33. The summed E-state index contributed by atoms with van der Waals surface area (Å²) in [7, 11) is 0. The van der Waals surface area contributed by atoms with Crippen LogP contribution < -0.4 is 5.73 Å². The Hall–Kier alpha value is -2.85. The van der Waals surface area contributed by atoms with E-state index >= 15 is 0 Å². The molecule has 1 amide bonds. The van der Waals surface area contributed by atoms with Gasteiger partial charge in [-0.05, 0) is 34.0 Å². The molecule has 4 heteroatoms. The maximum Gasteiger partial charge on any atom is 0.227 e. The van der Waals surface area contributed by atoms with Gasteiger partial charge in [-0.15, -0.1) is 0 Å². The normalized spacial score (nSPS) is 15.2. The molecule has 1 heterocycles. The van der Waals surface area contributed by atoms with Gasteiger partial charge in [0.15, 0.2) is 0 Å². The van der Waals surface area contributed by atoms with Crippen molar-refractivity contribution in [2.24, 2.45) is 0 Å². The maximum atomic E-state index is 12.6. The van der Waals surface area contributed by atoms with Crippen molar-refractivity contribution >= 4 is 22.4 Å². The number of nitrogens with zero attached hydrogens (tertiary/aromatic N) is 2. The van der Waals surface area contributed by atoms with E-state index in [0.29, 0.717) is 6.42 Å². The maximum absolute atomic E-state index is 12.6. The van der Waals surface area contributed by atoms with Crippen molar-refractivity contribution < 1.29 is 4.79 Å². The molecule has 0 radical (unpaired) electrons. The lowest BCUT2D eigenvalue weighted by atomic mass is 10.0. The summed E-state index contributed by atoms with van der Waals surface area (Å²) in [6, 6.07) is 22.6. The number of nitrogens with two attached hydrogens (primary N) is 1. The molecule has 1 saturated heterocycles. The molecule has 4 rings (SSSR count). The Kier molecular flexibility index (Phi) is 5.07. The standard InChI is InChI=1S/C23H25N3O/c24-21-10-8-18(9-11-21)16-23(27)26-14-12-25(13-15-26)17-20-6-3-5-19-4-1-2-7-22(19)20/h1-11H,12-17,24H2. The van der Waals surface area contributed by atoms with Crippen LogP contribution in [-0.4, -0.2) is 41.9 Å². The molecule has 1 aliphatic heterocycles. The topological polar surface area (TPSA) is 49.6 Å². The lowest BCUT2D eigenvalue weighted by molar-refractivity contribution is -0.132. The number of fused-ring (bicyclic) bond motifs is 1. The number of carbonyl (C=O) groups excluding carboxylic acids is 1. The zero-order valence-corrected chi connectivity index (χ0v) is 15.5. The van der Waals surface area contributed by atoms with Gasteiger partial charge in [0, 0.05) is 38.4 Å². The van der Waals surface area contributed by atoms with Crippen molar-refractivity contribution in [3.8, 4) is 0 Å². The largest absolute Gasteiger partial charge is 0.399 e. The van der Waals surface area contributed by atoms with Gasteiger partial charge in [0.05, 0.1) is 6.42 Å². The second-order valence-electron chi connectivity index (χ2n) is 7.21. The van der Waals surface area contributed by atoms with Crippen molar-refractivity contribution in [1.29, 1.82) is 0 Å². The first-order valence-corrected chi connectivity index (χ1v) is 9.50. The summed E-state index contributed by atoms with van der Waals surface area (Å²) in [4.78, 5) is 17.0. The molecule has 27 heavy (non-hydrogen) atoms. The molecule has 0 unspecified atom stereocenters. The number of hydrogen-bond acceptors (Lipinski definition) is 3. The zero-order valence-electron chi connectivity index (χ0n) is 15.5. The number of amides is 1. The predicted molar refractivity (Wildman–Crippen MR) is 110 cm³/mol. The van der Waals surface area contributed by atoms with Gasteiger partial charge in [-0.3, -0.25) is 9.69 Å². The Morgan fingerprint density at radius 2 is 1.56 bits per heavy atom. The number of hydrogen-bond donors (Lipinski definition) is 1. The molecule has 4 nitrogen and oxygen atoms in total. The average molecular weight is 359 g/mol. The van der Waals surface area contributed by atoms with Crippen LogP contribution in [0.5, 0.6) is 0 Å². The van der Waals surface area contributed by atoms with Crippen molar-refractivity contribution in [2.45, 2.75) is 13.0 Å². The summed E-state index contributed by atoms with van der Waals surface area (Å²) in [5, 5.41) is 2.61. The highest BCUT2D eigenvalue weighted by Crippen LogP contribution is 2.20. The van der Waals surface area contributed by atoms with Crippen LogP contribution in [0.15, 0.2) is 66.7 Å². The Balaban J connectivity index is 1.34. The van der Waals surface area contributed by atoms with Crippen molar-refractivity contribution in [1.82, 2.24) is 9.80 Å². The molecule has 0 bridgehead atoms. The Morgan fingerprint density at radius 3 is 2.33 bits per heavy atom. The highest BCUT2D eigenvalue weighted by molar-refractivity contribution is 5.85. The minimum absolute atomic E-state index is 0.199. The molecule has 0 spiro atoms. The molecule has 3 aromatic carbocycles. The van der Waals surface area contributed by atoms with Crippen LogP contribution in [0.4, 0.5) is 5.69 Å². The lowest BCUT2D eigenvalue weighted by Crippen LogP contribution is -2.48. The van der Waals surface area contributed by atoms with Gasteiger partial charge in [-0.2, -0.15) is 0 Å². The van der Waals surface area contributed by atoms with E-state index in [0.717, 1.165) is 44.0 Å². The number of rotatable bonds is 4. The van der Waals surface area contributed by atoms with Crippen molar-refractivity contribution in [3.63, 3.8) is 0 Å². The van der Waals surface area contributed by atoms with Crippen LogP contribution in [0.1, 0.15) is 11.1 Å². The van der Waals surface area contributed by atoms with E-state index in [4.69, 9.17) is 5.73 Å². The highest BCUT2D eigenvalue weighted by Gasteiger charge is 2.21. The molecule has 3 aromatic rings. The van der Waals surface area contributed by atoms with E-state index < -0.39 is 0 Å². The van der Waals surface area contributed by atoms with E-state index in [-0.39, 0.29) is 5.91 Å². The third kappa shape index (κ3) is 4.12. The molecule has 0 saturated carbocycles. The number of benzene rings is 3. The SMILES string of the molecule is Nc1ccc(CC(=O)N2CCN(Cc3cccc4ccccc34)CC2)cc1. The quantitative estimate of drug-likeness (QED) is 0.727. The summed E-state index contributed by atoms with van der Waals surface area (Å²) < 4.78 is 0. The van der Waals surface area contributed by atoms with Gasteiger partial charge in [-0.25, -0.2) is 0 Å². The van der Waals surface area contributed by atoms with E-state index in [2.05, 4.69) is 47.4 Å². The Morgan fingerprint density at radius 1 is 0.852 bits per heavy atom. The fourth-order valence-corrected chi connectivity index (χ4v) is 3.75. The van der Waals surface area contributed by atoms with E-state index in [9.17, 15) is 4.79 Å². The summed E-state index contributed by atoms with van der Waals surface area (Å²) in [5.74, 6) is 0.199. The van der Waals surface area contributed by atoms with Crippen LogP contribution in [-0.2, 0) is 17.8 Å². The number of anilines is 1. The van der Waals surface area contributed by atoms with Gasteiger partial charge in [0.1, 0.15) is 0 Å². The molecule has 0 aromatic heterocycles. The van der Waals surface area contributed by atoms with Crippen LogP contribution in [0.25, 0.3) is 10.8 Å². The van der Waals surface area contributed by atoms with E-state index in [1.165, 1.54) is 16.3 Å². The molecule has 2 N–H and O–H groups in total. The van der Waals surface area contributed by atoms with Gasteiger partial charge in [0.25, 0.3) is 0 Å². The van der Waals surface area contributed by atoms with Crippen LogP contribution in [0.2, 0.25) is 0 Å². The van der Waals surface area contributed by atoms with Crippen LogP contribution in [0, 0.1) is 0 Å². The molecule has 0 aliphatic carbocycles. The summed E-state index contributed by atoms with van der Waals surface area (Å²) >= 11 is 0. The van der Waals surface area contributed by atoms with E-state index in [1.807, 2.05) is 29.2 Å². The Bertz CT molecular complexity index is 923. The first kappa shape index (κ1) is 17.6. The van der Waals surface area contributed by atoms with E-state index in [1.54, 1.807) is 0 Å². The smallest absolute Gasteiger partial charge is 0.227 e. The summed E-state index contributed by atoms with van der Waals surface area (Å²) in [5.41, 5.74) is 8.82. The minimum Gasteiger partial charge on any atom is -0.399 e. The third-order valence-electron chi connectivity index (χ3n) is 5.33. The minimum atomic E-state index is 0.199. The van der Waals surface area contributed by atoms with Crippen molar-refractivity contribution in [3.05, 3.63) is 77.9 Å². The number of carbonyl (C=O) groups is 1. The second kappa shape index (κ2) is 7.80. The molecule has 0 atom stereocenters. The number of nitrogen functional groups attached to an aromatic ring is 1. The highest BCUT2D eigenvalue weighted by atomic mass is 16.2. The summed E-state index contributed by atoms with van der Waals surface area (Å²) in [6.45, 7) is 4.34. The van der Waals surface area contributed by atoms with Gasteiger partial charge >= 0.3 is 0 Å².